The van der Waals surface area contributed by atoms with E-state index in [-0.39, 0.29) is 0 Å². The van der Waals surface area contributed by atoms with E-state index >= 15 is 0 Å². The molecule has 0 radical (unpaired) electrons. The van der Waals surface area contributed by atoms with Crippen LogP contribution in [0.4, 0.5) is 0 Å². The van der Waals surface area contributed by atoms with Crippen LogP contribution in [-0.2, 0) is 17.7 Å². The number of piperidine rings is 1. The molecule has 0 saturated carbocycles. The number of aromatic nitrogens is 2. The van der Waals surface area contributed by atoms with Gasteiger partial charge < -0.3 is 14.6 Å². The van der Waals surface area contributed by atoms with Crippen molar-refractivity contribution < 1.29 is 4.74 Å². The van der Waals surface area contributed by atoms with Crippen molar-refractivity contribution in [1.29, 1.82) is 0 Å². The summed E-state index contributed by atoms with van der Waals surface area (Å²) in [6.07, 6.45) is 5.68. The predicted octanol–water partition coefficient (Wildman–Crippen LogP) is 1.38. The number of aryl methyl sites for hydroxylation is 1. The van der Waals surface area contributed by atoms with Crippen LogP contribution >= 0.6 is 0 Å². The third-order valence-electron chi connectivity index (χ3n) is 3.53. The molecule has 0 bridgehead atoms. The first-order valence-corrected chi connectivity index (χ1v) is 6.52. The van der Waals surface area contributed by atoms with Gasteiger partial charge in [0, 0.05) is 32.0 Å². The Labute approximate surface area is 103 Å². The minimum absolute atomic E-state index is 0.742. The standard InChI is InChI=1S/C13H23N3O/c1-11-9-15-13(16(11)6-7-17-2)8-12-4-3-5-14-10-12/h9,12,14H,3-8,10H2,1-2H3. The molecule has 4 nitrogen and oxygen atoms in total. The number of hydrogen-bond acceptors (Lipinski definition) is 3. The number of rotatable bonds is 5. The first-order valence-electron chi connectivity index (χ1n) is 6.52. The third kappa shape index (κ3) is 3.30. The molecule has 0 amide bonds. The SMILES string of the molecule is COCCn1c(C)cnc1CC1CCCNC1. The Morgan fingerprint density at radius 3 is 3.18 bits per heavy atom. The largest absolute Gasteiger partial charge is 0.383 e. The fourth-order valence-electron chi connectivity index (χ4n) is 2.52. The van der Waals surface area contributed by atoms with Crippen LogP contribution in [0.5, 0.6) is 0 Å². The minimum atomic E-state index is 0.742. The van der Waals surface area contributed by atoms with Crippen molar-refractivity contribution in [2.45, 2.75) is 32.7 Å². The number of ether oxygens (including phenoxy) is 1. The van der Waals surface area contributed by atoms with Crippen LogP contribution in [0.1, 0.15) is 24.4 Å². The maximum Gasteiger partial charge on any atom is 0.109 e. The zero-order chi connectivity index (χ0) is 12.1. The second-order valence-corrected chi connectivity index (χ2v) is 4.88. The van der Waals surface area contributed by atoms with Crippen LogP contribution in [0, 0.1) is 12.8 Å². The van der Waals surface area contributed by atoms with E-state index in [2.05, 4.69) is 21.8 Å². The minimum Gasteiger partial charge on any atom is -0.383 e. The van der Waals surface area contributed by atoms with Gasteiger partial charge in [0.25, 0.3) is 0 Å². The van der Waals surface area contributed by atoms with Gasteiger partial charge in [0.1, 0.15) is 5.82 Å². The molecule has 2 heterocycles. The molecule has 1 saturated heterocycles. The molecule has 1 aromatic heterocycles. The van der Waals surface area contributed by atoms with Crippen molar-refractivity contribution in [2.24, 2.45) is 5.92 Å². The van der Waals surface area contributed by atoms with E-state index in [4.69, 9.17) is 4.74 Å². The summed E-state index contributed by atoms with van der Waals surface area (Å²) < 4.78 is 7.44. The summed E-state index contributed by atoms with van der Waals surface area (Å²) in [7, 11) is 1.75. The molecule has 1 aromatic rings. The topological polar surface area (TPSA) is 39.1 Å². The maximum atomic E-state index is 5.15. The summed E-state index contributed by atoms with van der Waals surface area (Å²) in [6.45, 7) is 6.10. The Bertz CT molecular complexity index is 342. The Hall–Kier alpha value is -0.870. The second kappa shape index (κ2) is 6.17. The molecule has 4 heteroatoms. The van der Waals surface area contributed by atoms with E-state index in [0.717, 1.165) is 32.0 Å². The van der Waals surface area contributed by atoms with Gasteiger partial charge in [-0.05, 0) is 38.8 Å². The van der Waals surface area contributed by atoms with Gasteiger partial charge in [-0.15, -0.1) is 0 Å². The lowest BCUT2D eigenvalue weighted by atomic mass is 9.96. The number of imidazole rings is 1. The lowest BCUT2D eigenvalue weighted by molar-refractivity contribution is 0.185. The van der Waals surface area contributed by atoms with E-state index in [1.807, 2.05) is 6.20 Å². The molecule has 2 rings (SSSR count). The molecule has 96 valence electrons. The smallest absolute Gasteiger partial charge is 0.109 e. The highest BCUT2D eigenvalue weighted by atomic mass is 16.5. The van der Waals surface area contributed by atoms with Crippen LogP contribution < -0.4 is 5.32 Å². The van der Waals surface area contributed by atoms with E-state index in [1.54, 1.807) is 7.11 Å². The van der Waals surface area contributed by atoms with Gasteiger partial charge in [-0.2, -0.15) is 0 Å². The van der Waals surface area contributed by atoms with E-state index in [0.29, 0.717) is 0 Å². The Morgan fingerprint density at radius 1 is 1.59 bits per heavy atom. The van der Waals surface area contributed by atoms with Gasteiger partial charge in [-0.1, -0.05) is 0 Å². The summed E-state index contributed by atoms with van der Waals surface area (Å²) >= 11 is 0. The summed E-state index contributed by atoms with van der Waals surface area (Å²) in [6, 6.07) is 0. The summed E-state index contributed by atoms with van der Waals surface area (Å²) in [5.41, 5.74) is 1.24. The molecule has 1 aliphatic rings. The van der Waals surface area contributed by atoms with Crippen LogP contribution in [-0.4, -0.2) is 36.4 Å². The lowest BCUT2D eigenvalue weighted by Crippen LogP contribution is -2.31. The monoisotopic (exact) mass is 237 g/mol. The highest BCUT2D eigenvalue weighted by Crippen LogP contribution is 2.16. The number of methoxy groups -OCH3 is 1. The molecular weight excluding hydrogens is 214 g/mol. The summed E-state index contributed by atoms with van der Waals surface area (Å²) in [4.78, 5) is 4.54. The highest BCUT2D eigenvalue weighted by molar-refractivity contribution is 5.04. The quantitative estimate of drug-likeness (QED) is 0.841. The lowest BCUT2D eigenvalue weighted by Gasteiger charge is -2.22. The van der Waals surface area contributed by atoms with Gasteiger partial charge in [0.2, 0.25) is 0 Å². The van der Waals surface area contributed by atoms with Gasteiger partial charge >= 0.3 is 0 Å². The van der Waals surface area contributed by atoms with Crippen molar-refractivity contribution in [3.05, 3.63) is 17.7 Å². The Kier molecular flexibility index (Phi) is 4.57. The molecule has 0 spiro atoms. The van der Waals surface area contributed by atoms with Crippen LogP contribution in [0.3, 0.4) is 0 Å². The van der Waals surface area contributed by atoms with Gasteiger partial charge in [-0.25, -0.2) is 4.98 Å². The average molecular weight is 237 g/mol. The molecule has 1 atom stereocenters. The zero-order valence-corrected chi connectivity index (χ0v) is 10.9. The zero-order valence-electron chi connectivity index (χ0n) is 10.9. The van der Waals surface area contributed by atoms with E-state index in [1.165, 1.54) is 30.9 Å². The molecule has 1 N–H and O–H groups in total. The van der Waals surface area contributed by atoms with Crippen LogP contribution in [0.25, 0.3) is 0 Å². The fraction of sp³-hybridized carbons (Fsp3) is 0.769. The number of hydrogen-bond donors (Lipinski definition) is 1. The van der Waals surface area contributed by atoms with Crippen molar-refractivity contribution >= 4 is 0 Å². The first kappa shape index (κ1) is 12.6. The number of nitrogens with zero attached hydrogens (tertiary/aromatic N) is 2. The van der Waals surface area contributed by atoms with Crippen molar-refractivity contribution in [1.82, 2.24) is 14.9 Å². The molecule has 1 fully saturated rings. The predicted molar refractivity (Wildman–Crippen MR) is 68.1 cm³/mol. The summed E-state index contributed by atoms with van der Waals surface area (Å²) in [5.74, 6) is 1.96. The van der Waals surface area contributed by atoms with Crippen molar-refractivity contribution in [3.8, 4) is 0 Å². The van der Waals surface area contributed by atoms with Crippen LogP contribution in [0.15, 0.2) is 6.20 Å². The first-order chi connectivity index (χ1) is 8.31. The Balaban J connectivity index is 1.98. The maximum absolute atomic E-state index is 5.15. The van der Waals surface area contributed by atoms with Crippen molar-refractivity contribution in [3.63, 3.8) is 0 Å². The molecular formula is C13H23N3O. The molecule has 1 unspecified atom stereocenters. The normalized spacial score (nSPS) is 20.7. The van der Waals surface area contributed by atoms with Gasteiger partial charge in [0.05, 0.1) is 6.61 Å². The van der Waals surface area contributed by atoms with Crippen LogP contribution in [0.2, 0.25) is 0 Å². The van der Waals surface area contributed by atoms with E-state index < -0.39 is 0 Å². The van der Waals surface area contributed by atoms with Gasteiger partial charge in [0.15, 0.2) is 0 Å². The fourth-order valence-corrected chi connectivity index (χ4v) is 2.52. The Morgan fingerprint density at radius 2 is 2.47 bits per heavy atom. The molecule has 1 aliphatic heterocycles. The third-order valence-corrected chi connectivity index (χ3v) is 3.53. The molecule has 0 aliphatic carbocycles. The highest BCUT2D eigenvalue weighted by Gasteiger charge is 2.16. The van der Waals surface area contributed by atoms with Crippen molar-refractivity contribution in [2.75, 3.05) is 26.8 Å². The second-order valence-electron chi connectivity index (χ2n) is 4.88. The van der Waals surface area contributed by atoms with E-state index in [9.17, 15) is 0 Å². The number of nitrogens with one attached hydrogen (secondary N) is 1. The average Bonchev–Trinajstić information content (AvgIpc) is 2.69. The summed E-state index contributed by atoms with van der Waals surface area (Å²) in [5, 5.41) is 3.46. The van der Waals surface area contributed by atoms with Gasteiger partial charge in [-0.3, -0.25) is 0 Å². The molecule has 0 aromatic carbocycles. The molecule has 17 heavy (non-hydrogen) atoms.